The molecule has 0 unspecified atom stereocenters. The summed E-state index contributed by atoms with van der Waals surface area (Å²) < 4.78 is 0. The number of allylic oxidation sites excluding steroid dienone is 1. The van der Waals surface area contributed by atoms with Crippen molar-refractivity contribution in [3.63, 3.8) is 0 Å². The van der Waals surface area contributed by atoms with Gasteiger partial charge in [0.25, 0.3) is 0 Å². The Morgan fingerprint density at radius 1 is 1.80 bits per heavy atom. The van der Waals surface area contributed by atoms with E-state index in [2.05, 4.69) is 6.58 Å². The SMILES string of the molecule is C=C(C)[O-].O. The minimum atomic E-state index is -0.0833. The molecular formula is C3H7O2-. The Balaban J connectivity index is 0. The Bertz CT molecular complexity index is 27.9. The molecule has 2 heteroatoms. The van der Waals surface area contributed by atoms with Gasteiger partial charge >= 0.3 is 0 Å². The van der Waals surface area contributed by atoms with Crippen molar-refractivity contribution in [2.75, 3.05) is 0 Å². The maximum Gasteiger partial charge on any atom is -0.0549 e. The fraction of sp³-hybridized carbons (Fsp3) is 0.333. The summed E-state index contributed by atoms with van der Waals surface area (Å²) in [6, 6.07) is 0. The molecule has 0 aliphatic heterocycles. The highest BCUT2D eigenvalue weighted by atomic mass is 16.3. The molecule has 0 aliphatic rings. The highest BCUT2D eigenvalue weighted by Gasteiger charge is 1.36. The monoisotopic (exact) mass is 75.0 g/mol. The quantitative estimate of drug-likeness (QED) is 0.343. The molecule has 0 aliphatic carbocycles. The molecule has 0 spiro atoms. The first-order valence-electron chi connectivity index (χ1n) is 1.06. The molecule has 0 rings (SSSR count). The molecule has 32 valence electrons. The van der Waals surface area contributed by atoms with Crippen LogP contribution in [-0.2, 0) is 0 Å². The van der Waals surface area contributed by atoms with Gasteiger partial charge in [0.05, 0.1) is 0 Å². The maximum absolute atomic E-state index is 9.33. The molecule has 5 heavy (non-hydrogen) atoms. The highest BCUT2D eigenvalue weighted by Crippen LogP contribution is 1.57. The van der Waals surface area contributed by atoms with E-state index in [1.165, 1.54) is 6.92 Å². The average Bonchev–Trinajstić information content (AvgIpc) is 0.811. The van der Waals surface area contributed by atoms with E-state index in [0.29, 0.717) is 0 Å². The van der Waals surface area contributed by atoms with Crippen molar-refractivity contribution >= 4 is 0 Å². The van der Waals surface area contributed by atoms with E-state index < -0.39 is 0 Å². The summed E-state index contributed by atoms with van der Waals surface area (Å²) >= 11 is 0. The van der Waals surface area contributed by atoms with Gasteiger partial charge in [0.15, 0.2) is 0 Å². The van der Waals surface area contributed by atoms with Crippen molar-refractivity contribution in [2.45, 2.75) is 6.92 Å². The summed E-state index contributed by atoms with van der Waals surface area (Å²) in [4.78, 5) is 0. The summed E-state index contributed by atoms with van der Waals surface area (Å²) in [5.74, 6) is -0.0833. The molecule has 2 nitrogen and oxygen atoms in total. The molecule has 0 aromatic rings. The molecule has 0 atom stereocenters. The van der Waals surface area contributed by atoms with E-state index in [1.54, 1.807) is 0 Å². The fourth-order valence-corrected chi connectivity index (χ4v) is 0. The summed E-state index contributed by atoms with van der Waals surface area (Å²) in [7, 11) is 0. The van der Waals surface area contributed by atoms with E-state index in [0.717, 1.165) is 0 Å². The van der Waals surface area contributed by atoms with Gasteiger partial charge < -0.3 is 10.6 Å². The molecule has 0 amide bonds. The van der Waals surface area contributed by atoms with Crippen LogP contribution < -0.4 is 5.11 Å². The fourth-order valence-electron chi connectivity index (χ4n) is 0. The van der Waals surface area contributed by atoms with Gasteiger partial charge in [0, 0.05) is 0 Å². The molecule has 2 N–H and O–H groups in total. The first kappa shape index (κ1) is 8.82. The molecule has 0 aromatic carbocycles. The number of hydrogen-bond donors (Lipinski definition) is 0. The van der Waals surface area contributed by atoms with Crippen LogP contribution in [0.25, 0.3) is 0 Å². The maximum atomic E-state index is 9.33. The second-order valence-corrected chi connectivity index (χ2v) is 0.702. The Hall–Kier alpha value is -0.500. The topological polar surface area (TPSA) is 54.6 Å². The second-order valence-electron chi connectivity index (χ2n) is 0.702. The summed E-state index contributed by atoms with van der Waals surface area (Å²) in [6.07, 6.45) is 0. The second kappa shape index (κ2) is 3.50. The Kier molecular flexibility index (Phi) is 6.17. The van der Waals surface area contributed by atoms with E-state index >= 15 is 0 Å². The van der Waals surface area contributed by atoms with Crippen LogP contribution in [0.5, 0.6) is 0 Å². The first-order chi connectivity index (χ1) is 1.73. The summed E-state index contributed by atoms with van der Waals surface area (Å²) in [5, 5.41) is 9.33. The zero-order chi connectivity index (χ0) is 3.58. The van der Waals surface area contributed by atoms with Crippen LogP contribution in [0.1, 0.15) is 6.92 Å². The molecule has 0 radical (unpaired) electrons. The van der Waals surface area contributed by atoms with E-state index in [-0.39, 0.29) is 11.2 Å². The van der Waals surface area contributed by atoms with Crippen molar-refractivity contribution < 1.29 is 10.6 Å². The van der Waals surface area contributed by atoms with Crippen LogP contribution in [-0.4, -0.2) is 5.48 Å². The zero-order valence-electron chi connectivity index (χ0n) is 3.12. The predicted octanol–water partition coefficient (Wildman–Crippen LogP) is -0.944. The van der Waals surface area contributed by atoms with Gasteiger partial charge in [0.2, 0.25) is 0 Å². The van der Waals surface area contributed by atoms with E-state index in [1.807, 2.05) is 0 Å². The van der Waals surface area contributed by atoms with Crippen LogP contribution in [0.3, 0.4) is 0 Å². The van der Waals surface area contributed by atoms with Gasteiger partial charge in [-0.05, 0) is 0 Å². The largest absolute Gasteiger partial charge is 0.876 e. The van der Waals surface area contributed by atoms with Gasteiger partial charge in [-0.25, -0.2) is 0 Å². The molecular weight excluding hydrogens is 68.0 g/mol. The third kappa shape index (κ3) is 31.5. The first-order valence-corrected chi connectivity index (χ1v) is 1.06. The van der Waals surface area contributed by atoms with Crippen molar-refractivity contribution in [1.29, 1.82) is 0 Å². The van der Waals surface area contributed by atoms with Crippen LogP contribution in [0.15, 0.2) is 12.3 Å². The molecule has 0 bridgehead atoms. The van der Waals surface area contributed by atoms with Gasteiger partial charge in [-0.3, -0.25) is 0 Å². The van der Waals surface area contributed by atoms with Crippen LogP contribution in [0.2, 0.25) is 0 Å². The van der Waals surface area contributed by atoms with Crippen molar-refractivity contribution in [3.05, 3.63) is 12.3 Å². The average molecular weight is 75.1 g/mol. The lowest BCUT2D eigenvalue weighted by molar-refractivity contribution is -0.300. The van der Waals surface area contributed by atoms with Crippen LogP contribution >= 0.6 is 0 Å². The number of rotatable bonds is 0. The van der Waals surface area contributed by atoms with E-state index in [4.69, 9.17) is 0 Å². The third-order valence-corrected chi connectivity index (χ3v) is 0. The van der Waals surface area contributed by atoms with Crippen molar-refractivity contribution in [3.8, 4) is 0 Å². The zero-order valence-corrected chi connectivity index (χ0v) is 3.12. The molecule has 0 heterocycles. The summed E-state index contributed by atoms with van der Waals surface area (Å²) in [6.45, 7) is 4.42. The Morgan fingerprint density at radius 2 is 1.80 bits per heavy atom. The molecule has 0 aromatic heterocycles. The summed E-state index contributed by atoms with van der Waals surface area (Å²) in [5.41, 5.74) is 0. The van der Waals surface area contributed by atoms with E-state index in [9.17, 15) is 5.11 Å². The van der Waals surface area contributed by atoms with Gasteiger partial charge in [-0.1, -0.05) is 6.92 Å². The van der Waals surface area contributed by atoms with Crippen LogP contribution in [0.4, 0.5) is 0 Å². The van der Waals surface area contributed by atoms with Gasteiger partial charge in [-0.2, -0.15) is 0 Å². The lowest BCUT2D eigenvalue weighted by atomic mass is 10.7. The third-order valence-electron chi connectivity index (χ3n) is 0. The van der Waals surface area contributed by atoms with Gasteiger partial charge in [-0.15, -0.1) is 12.3 Å². The standard InChI is InChI=1S/C3H6O.H2O/c1-3(2)4;/h4H,1H2,2H3;1H2/p-1. The number of hydrogen-bond acceptors (Lipinski definition) is 1. The normalized spacial score (nSPS) is 5.00. The van der Waals surface area contributed by atoms with Crippen molar-refractivity contribution in [1.82, 2.24) is 0 Å². The molecule has 0 saturated heterocycles. The Labute approximate surface area is 31.1 Å². The lowest BCUT2D eigenvalue weighted by Crippen LogP contribution is -1.92. The van der Waals surface area contributed by atoms with Crippen LogP contribution in [0, 0.1) is 0 Å². The lowest BCUT2D eigenvalue weighted by Gasteiger charge is -1.92. The smallest absolute Gasteiger partial charge is 0.0549 e. The minimum Gasteiger partial charge on any atom is -0.876 e. The van der Waals surface area contributed by atoms with Gasteiger partial charge in [0.1, 0.15) is 0 Å². The minimum absolute atomic E-state index is 0. The predicted molar refractivity (Wildman–Crippen MR) is 18.4 cm³/mol. The highest BCUT2D eigenvalue weighted by molar-refractivity contribution is 4.64. The van der Waals surface area contributed by atoms with Crippen molar-refractivity contribution in [2.24, 2.45) is 0 Å². The molecule has 0 saturated carbocycles. The Morgan fingerprint density at radius 3 is 1.80 bits per heavy atom. The molecule has 0 fully saturated rings.